The molecule has 0 N–H and O–H groups in total. The number of hydrogen-bond donors (Lipinski definition) is 0. The molecule has 0 saturated carbocycles. The average molecular weight is 336 g/mol. The molecule has 134 valence electrons. The second-order valence-corrected chi connectivity index (χ2v) is 7.15. The van der Waals surface area contributed by atoms with Gasteiger partial charge in [-0.2, -0.15) is 0 Å². The Morgan fingerprint density at radius 1 is 1.38 bits per heavy atom. The molecule has 3 rings (SSSR count). The van der Waals surface area contributed by atoms with Gasteiger partial charge < -0.3 is 9.47 Å². The Morgan fingerprint density at radius 2 is 2.17 bits per heavy atom. The predicted octanol–water partition coefficient (Wildman–Crippen LogP) is 2.72. The molecular formula is C19H29FN2O2. The van der Waals surface area contributed by atoms with Gasteiger partial charge in [0, 0.05) is 32.2 Å². The summed E-state index contributed by atoms with van der Waals surface area (Å²) in [6, 6.07) is 8.66. The Balaban J connectivity index is 1.51. The van der Waals surface area contributed by atoms with Crippen molar-refractivity contribution in [2.45, 2.75) is 37.5 Å². The largest absolute Gasteiger partial charge is 0.497 e. The van der Waals surface area contributed by atoms with Gasteiger partial charge in [-0.05, 0) is 44.0 Å². The number of benzene rings is 1. The van der Waals surface area contributed by atoms with Crippen LogP contribution in [0.15, 0.2) is 24.3 Å². The molecule has 2 aliphatic heterocycles. The van der Waals surface area contributed by atoms with E-state index in [1.54, 1.807) is 7.11 Å². The molecule has 2 fully saturated rings. The molecule has 1 unspecified atom stereocenters. The highest BCUT2D eigenvalue weighted by Gasteiger charge is 2.43. The zero-order valence-electron chi connectivity index (χ0n) is 14.8. The molecule has 0 radical (unpaired) electrons. The van der Waals surface area contributed by atoms with Crippen LogP contribution in [0.25, 0.3) is 0 Å². The zero-order valence-corrected chi connectivity index (χ0v) is 14.8. The topological polar surface area (TPSA) is 24.9 Å². The molecule has 0 amide bonds. The average Bonchev–Trinajstić information content (AvgIpc) is 3.02. The van der Waals surface area contributed by atoms with Crippen LogP contribution in [-0.2, 0) is 11.3 Å². The van der Waals surface area contributed by atoms with Gasteiger partial charge in [-0.15, -0.1) is 0 Å². The lowest BCUT2D eigenvalue weighted by Crippen LogP contribution is -2.44. The van der Waals surface area contributed by atoms with Crippen LogP contribution in [0.2, 0.25) is 0 Å². The summed E-state index contributed by atoms with van der Waals surface area (Å²) in [5.41, 5.74) is 1.30. The SMILES string of the molecule is COc1cccc(CN2CCC3(CC2)CC(N(C)CCF)CO3)c1. The fraction of sp³-hybridized carbons (Fsp3) is 0.684. The lowest BCUT2D eigenvalue weighted by molar-refractivity contribution is -0.0452. The minimum absolute atomic E-state index is 0.0140. The number of hydrogen-bond acceptors (Lipinski definition) is 4. The third-order valence-corrected chi connectivity index (χ3v) is 5.56. The summed E-state index contributed by atoms with van der Waals surface area (Å²) in [6.45, 7) is 4.03. The van der Waals surface area contributed by atoms with Crippen LogP contribution in [0.3, 0.4) is 0 Å². The van der Waals surface area contributed by atoms with Crippen molar-refractivity contribution in [2.75, 3.05) is 47.1 Å². The summed E-state index contributed by atoms with van der Waals surface area (Å²) < 4.78 is 24.0. The summed E-state index contributed by atoms with van der Waals surface area (Å²) in [5.74, 6) is 0.916. The molecular weight excluding hydrogens is 307 g/mol. The van der Waals surface area contributed by atoms with Crippen LogP contribution < -0.4 is 4.74 Å². The molecule has 1 aromatic rings. The van der Waals surface area contributed by atoms with Crippen LogP contribution in [0.5, 0.6) is 5.75 Å². The maximum absolute atomic E-state index is 12.5. The summed E-state index contributed by atoms with van der Waals surface area (Å²) in [4.78, 5) is 4.60. The van der Waals surface area contributed by atoms with Crippen LogP contribution in [-0.4, -0.2) is 68.5 Å². The Kier molecular flexibility index (Phi) is 5.74. The molecule has 2 aliphatic rings. The minimum atomic E-state index is -0.283. The van der Waals surface area contributed by atoms with Crippen molar-refractivity contribution in [1.29, 1.82) is 0 Å². The van der Waals surface area contributed by atoms with Gasteiger partial charge in [0.1, 0.15) is 12.4 Å². The first kappa shape index (κ1) is 17.6. The maximum Gasteiger partial charge on any atom is 0.119 e. The summed E-state index contributed by atoms with van der Waals surface area (Å²) >= 11 is 0. The van der Waals surface area contributed by atoms with Gasteiger partial charge in [0.2, 0.25) is 0 Å². The predicted molar refractivity (Wildman–Crippen MR) is 93.2 cm³/mol. The summed E-state index contributed by atoms with van der Waals surface area (Å²) in [5, 5.41) is 0. The molecule has 1 atom stereocenters. The summed E-state index contributed by atoms with van der Waals surface area (Å²) in [6.07, 6.45) is 3.17. The van der Waals surface area contributed by atoms with Gasteiger partial charge in [0.05, 0.1) is 19.3 Å². The molecule has 1 spiro atoms. The van der Waals surface area contributed by atoms with Gasteiger partial charge in [0.15, 0.2) is 0 Å². The first-order chi connectivity index (χ1) is 11.6. The molecule has 24 heavy (non-hydrogen) atoms. The Hall–Kier alpha value is -1.17. The quantitative estimate of drug-likeness (QED) is 0.797. The Morgan fingerprint density at radius 3 is 2.88 bits per heavy atom. The molecule has 1 aromatic carbocycles. The second-order valence-electron chi connectivity index (χ2n) is 7.15. The number of alkyl halides is 1. The summed E-state index contributed by atoms with van der Waals surface area (Å²) in [7, 11) is 3.71. The first-order valence-corrected chi connectivity index (χ1v) is 8.89. The monoisotopic (exact) mass is 336 g/mol. The van der Waals surface area contributed by atoms with Crippen LogP contribution in [0.4, 0.5) is 4.39 Å². The molecule has 2 heterocycles. The van der Waals surface area contributed by atoms with Crippen molar-refractivity contribution < 1.29 is 13.9 Å². The molecule has 2 saturated heterocycles. The van der Waals surface area contributed by atoms with Gasteiger partial charge in [0.25, 0.3) is 0 Å². The van der Waals surface area contributed by atoms with Crippen molar-refractivity contribution >= 4 is 0 Å². The van der Waals surface area contributed by atoms with Gasteiger partial charge in [-0.1, -0.05) is 12.1 Å². The van der Waals surface area contributed by atoms with E-state index < -0.39 is 0 Å². The molecule has 0 aliphatic carbocycles. The van der Waals surface area contributed by atoms with E-state index in [4.69, 9.17) is 9.47 Å². The van der Waals surface area contributed by atoms with Gasteiger partial charge in [-0.25, -0.2) is 4.39 Å². The smallest absolute Gasteiger partial charge is 0.119 e. The van der Waals surface area contributed by atoms with Crippen LogP contribution in [0, 0.1) is 0 Å². The zero-order chi connectivity index (χ0) is 17.0. The normalized spacial score (nSPS) is 23.9. The van der Waals surface area contributed by atoms with Crippen LogP contribution in [0.1, 0.15) is 24.8 Å². The van der Waals surface area contributed by atoms with E-state index in [1.165, 1.54) is 5.56 Å². The van der Waals surface area contributed by atoms with Crippen molar-refractivity contribution in [3.8, 4) is 5.75 Å². The standard InChI is InChI=1S/C19H29FN2O2/c1-21(11-8-20)17-13-19(24-15-17)6-9-22(10-7-19)14-16-4-3-5-18(12-16)23-2/h3-5,12,17H,6-11,13-15H2,1-2H3. The minimum Gasteiger partial charge on any atom is -0.497 e. The number of likely N-dealkylation sites (tertiary alicyclic amines) is 1. The fourth-order valence-electron chi connectivity index (χ4n) is 3.92. The van der Waals surface area contributed by atoms with Crippen molar-refractivity contribution in [2.24, 2.45) is 0 Å². The van der Waals surface area contributed by atoms with E-state index in [0.29, 0.717) is 12.6 Å². The van der Waals surface area contributed by atoms with E-state index in [1.807, 2.05) is 19.2 Å². The third-order valence-electron chi connectivity index (χ3n) is 5.56. The van der Waals surface area contributed by atoms with E-state index in [9.17, 15) is 4.39 Å². The number of rotatable bonds is 6. The number of methoxy groups -OCH3 is 1. The van der Waals surface area contributed by atoms with Crippen LogP contribution >= 0.6 is 0 Å². The number of nitrogens with zero attached hydrogens (tertiary/aromatic N) is 2. The van der Waals surface area contributed by atoms with Crippen molar-refractivity contribution in [3.63, 3.8) is 0 Å². The Labute approximate surface area is 144 Å². The fourth-order valence-corrected chi connectivity index (χ4v) is 3.92. The molecule has 5 heteroatoms. The molecule has 0 aromatic heterocycles. The second kappa shape index (κ2) is 7.81. The van der Waals surface area contributed by atoms with Gasteiger partial charge in [-0.3, -0.25) is 9.80 Å². The number of ether oxygens (including phenoxy) is 2. The lowest BCUT2D eigenvalue weighted by atomic mass is 9.87. The molecule has 0 bridgehead atoms. The van der Waals surface area contributed by atoms with Gasteiger partial charge >= 0.3 is 0 Å². The molecule has 4 nitrogen and oxygen atoms in total. The first-order valence-electron chi connectivity index (χ1n) is 8.89. The van der Waals surface area contributed by atoms with E-state index in [2.05, 4.69) is 21.9 Å². The highest BCUT2D eigenvalue weighted by Crippen LogP contribution is 2.37. The van der Waals surface area contributed by atoms with Crippen molar-refractivity contribution in [1.82, 2.24) is 9.80 Å². The lowest BCUT2D eigenvalue weighted by Gasteiger charge is -2.39. The van der Waals surface area contributed by atoms with E-state index >= 15 is 0 Å². The number of halogens is 1. The third kappa shape index (κ3) is 4.08. The van der Waals surface area contributed by atoms with Crippen molar-refractivity contribution in [3.05, 3.63) is 29.8 Å². The number of piperidine rings is 1. The Bertz CT molecular complexity index is 532. The highest BCUT2D eigenvalue weighted by molar-refractivity contribution is 5.28. The van der Waals surface area contributed by atoms with E-state index in [0.717, 1.165) is 51.3 Å². The highest BCUT2D eigenvalue weighted by atomic mass is 19.1. The van der Waals surface area contributed by atoms with E-state index in [-0.39, 0.29) is 12.3 Å². The number of likely N-dealkylation sites (N-methyl/N-ethyl adjacent to an activating group) is 1. The maximum atomic E-state index is 12.5.